The summed E-state index contributed by atoms with van der Waals surface area (Å²) in [5.41, 5.74) is 0.189. The number of urea groups is 1. The fraction of sp³-hybridized carbons (Fsp3) is 0.375. The van der Waals surface area contributed by atoms with Crippen LogP contribution in [-0.2, 0) is 4.79 Å². The van der Waals surface area contributed by atoms with E-state index in [1.165, 1.54) is 12.1 Å². The molecule has 0 unspecified atom stereocenters. The van der Waals surface area contributed by atoms with Crippen molar-refractivity contribution in [2.75, 3.05) is 18.4 Å². The highest BCUT2D eigenvalue weighted by molar-refractivity contribution is 5.89. The molecule has 0 aliphatic carbocycles. The zero-order chi connectivity index (χ0) is 17.2. The second kappa shape index (κ2) is 9.22. The molecule has 0 fully saturated rings. The van der Waals surface area contributed by atoms with Gasteiger partial charge in [0.2, 0.25) is 11.6 Å². The third kappa shape index (κ3) is 5.66. The predicted molar refractivity (Wildman–Crippen MR) is 90.8 cm³/mol. The summed E-state index contributed by atoms with van der Waals surface area (Å²) in [7, 11) is 0. The van der Waals surface area contributed by atoms with Crippen LogP contribution in [0.2, 0.25) is 0 Å². The lowest BCUT2D eigenvalue weighted by Gasteiger charge is -2.07. The molecule has 2 aromatic rings. The van der Waals surface area contributed by atoms with Crippen molar-refractivity contribution in [2.24, 2.45) is 4.99 Å². The lowest BCUT2D eigenvalue weighted by Crippen LogP contribution is -2.29. The summed E-state index contributed by atoms with van der Waals surface area (Å²) in [4.78, 5) is 43.2. The van der Waals surface area contributed by atoms with Crippen LogP contribution >= 0.6 is 0 Å². The monoisotopic (exact) mass is 329 g/mol. The van der Waals surface area contributed by atoms with E-state index in [1.54, 1.807) is 18.2 Å². The van der Waals surface area contributed by atoms with Crippen LogP contribution in [0.15, 0.2) is 34.1 Å². The molecule has 0 atom stereocenters. The predicted octanol–water partition coefficient (Wildman–Crippen LogP) is 1.94. The lowest BCUT2D eigenvalue weighted by molar-refractivity contribution is 0.252. The molecule has 2 aromatic heterocycles. The quantitative estimate of drug-likeness (QED) is 0.390. The number of unbranched alkanes of at least 4 members (excludes halogenated alkanes) is 3. The summed E-state index contributed by atoms with van der Waals surface area (Å²) in [5, 5.41) is 6.17. The van der Waals surface area contributed by atoms with E-state index in [-0.39, 0.29) is 11.6 Å². The fourth-order valence-corrected chi connectivity index (χ4v) is 2.18. The van der Waals surface area contributed by atoms with E-state index < -0.39 is 0 Å². The largest absolute Gasteiger partial charge is 0.338 e. The number of aliphatic imine (C=N–C) groups is 1. The molecule has 2 rings (SSSR count). The average molecular weight is 329 g/mol. The highest BCUT2D eigenvalue weighted by Gasteiger charge is 2.04. The third-order valence-corrected chi connectivity index (χ3v) is 3.37. The number of aromatic nitrogens is 2. The molecule has 0 aliphatic rings. The molecule has 0 saturated heterocycles. The van der Waals surface area contributed by atoms with E-state index in [4.69, 9.17) is 0 Å². The molecule has 126 valence electrons. The maximum Gasteiger partial charge on any atom is 0.320 e. The van der Waals surface area contributed by atoms with Gasteiger partial charge in [-0.1, -0.05) is 12.8 Å². The van der Waals surface area contributed by atoms with Gasteiger partial charge in [-0.05, 0) is 31.0 Å². The molecule has 8 heteroatoms. The van der Waals surface area contributed by atoms with E-state index in [2.05, 4.69) is 25.6 Å². The summed E-state index contributed by atoms with van der Waals surface area (Å²) in [5.74, 6) is 0.369. The molecule has 3 N–H and O–H groups in total. The summed E-state index contributed by atoms with van der Waals surface area (Å²) < 4.78 is 0. The molecular weight excluding hydrogens is 310 g/mol. The molecule has 0 radical (unpaired) electrons. The third-order valence-electron chi connectivity index (χ3n) is 3.37. The van der Waals surface area contributed by atoms with Crippen LogP contribution in [-0.4, -0.2) is 35.2 Å². The van der Waals surface area contributed by atoms with Gasteiger partial charge in [-0.25, -0.2) is 19.6 Å². The number of isocyanates is 1. The van der Waals surface area contributed by atoms with Crippen LogP contribution in [0.4, 0.5) is 10.6 Å². The zero-order valence-corrected chi connectivity index (χ0v) is 13.2. The zero-order valence-electron chi connectivity index (χ0n) is 13.2. The van der Waals surface area contributed by atoms with E-state index in [9.17, 15) is 14.4 Å². The molecule has 0 aliphatic heterocycles. The minimum absolute atomic E-state index is 0.240. The van der Waals surface area contributed by atoms with Crippen molar-refractivity contribution < 1.29 is 9.59 Å². The minimum atomic E-state index is -0.342. The average Bonchev–Trinajstić information content (AvgIpc) is 2.57. The molecule has 8 nitrogen and oxygen atoms in total. The Morgan fingerprint density at radius 2 is 1.96 bits per heavy atom. The lowest BCUT2D eigenvalue weighted by atomic mass is 10.2. The highest BCUT2D eigenvalue weighted by Crippen LogP contribution is 2.11. The van der Waals surface area contributed by atoms with Crippen LogP contribution in [0.5, 0.6) is 0 Å². The first-order chi connectivity index (χ1) is 11.7. The number of nitrogens with zero attached hydrogens (tertiary/aromatic N) is 2. The SMILES string of the molecule is O=C=NCCCCCCNC(=O)Nc1ccc2ccc(=O)[nH]c2n1. The van der Waals surface area contributed by atoms with Crippen molar-refractivity contribution in [3.05, 3.63) is 34.6 Å². The second-order valence-electron chi connectivity index (χ2n) is 5.23. The Labute approximate surface area is 138 Å². The molecule has 0 saturated carbocycles. The summed E-state index contributed by atoms with van der Waals surface area (Å²) in [6, 6.07) is 6.20. The summed E-state index contributed by atoms with van der Waals surface area (Å²) >= 11 is 0. The van der Waals surface area contributed by atoms with Crippen molar-refractivity contribution in [1.29, 1.82) is 0 Å². The maximum absolute atomic E-state index is 11.8. The number of hydrogen-bond acceptors (Lipinski definition) is 5. The van der Waals surface area contributed by atoms with Crippen molar-refractivity contribution in [3.63, 3.8) is 0 Å². The first-order valence-corrected chi connectivity index (χ1v) is 7.77. The number of rotatable bonds is 8. The summed E-state index contributed by atoms with van der Waals surface area (Å²) in [6.07, 6.45) is 5.10. The number of H-pyrrole nitrogens is 1. The van der Waals surface area contributed by atoms with E-state index in [0.717, 1.165) is 31.1 Å². The van der Waals surface area contributed by atoms with Gasteiger partial charge in [-0.2, -0.15) is 0 Å². The first-order valence-electron chi connectivity index (χ1n) is 7.77. The van der Waals surface area contributed by atoms with Gasteiger partial charge in [0.05, 0.1) is 6.54 Å². The van der Waals surface area contributed by atoms with Crippen LogP contribution in [0.3, 0.4) is 0 Å². The van der Waals surface area contributed by atoms with E-state index in [1.807, 2.05) is 0 Å². The Morgan fingerprint density at radius 1 is 1.17 bits per heavy atom. The smallest absolute Gasteiger partial charge is 0.320 e. The van der Waals surface area contributed by atoms with Gasteiger partial charge in [0.15, 0.2) is 0 Å². The van der Waals surface area contributed by atoms with Gasteiger partial charge in [0.25, 0.3) is 0 Å². The van der Waals surface area contributed by atoms with Crippen LogP contribution in [0.1, 0.15) is 25.7 Å². The molecule has 2 heterocycles. The van der Waals surface area contributed by atoms with Gasteiger partial charge in [0, 0.05) is 18.0 Å². The van der Waals surface area contributed by atoms with Gasteiger partial charge in [-0.3, -0.25) is 10.1 Å². The van der Waals surface area contributed by atoms with Crippen molar-refractivity contribution in [2.45, 2.75) is 25.7 Å². The van der Waals surface area contributed by atoms with Crippen molar-refractivity contribution in [3.8, 4) is 0 Å². The Hall–Kier alpha value is -2.99. The fourth-order valence-electron chi connectivity index (χ4n) is 2.18. The molecule has 0 bridgehead atoms. The minimum Gasteiger partial charge on any atom is -0.338 e. The Morgan fingerprint density at radius 3 is 2.79 bits per heavy atom. The number of carbonyl (C=O) groups excluding carboxylic acids is 2. The van der Waals surface area contributed by atoms with Crippen LogP contribution in [0, 0.1) is 0 Å². The molecular formula is C16H19N5O3. The van der Waals surface area contributed by atoms with Crippen molar-refractivity contribution in [1.82, 2.24) is 15.3 Å². The van der Waals surface area contributed by atoms with E-state index in [0.29, 0.717) is 24.6 Å². The Bertz CT molecular complexity index is 796. The molecule has 2 amide bonds. The summed E-state index contributed by atoms with van der Waals surface area (Å²) in [6.45, 7) is 1.06. The van der Waals surface area contributed by atoms with Gasteiger partial charge in [-0.15, -0.1) is 0 Å². The Balaban J connectivity index is 1.72. The standard InChI is InChI=1S/C16H19N5O3/c22-11-17-9-3-1-2-4-10-18-16(24)20-13-7-5-12-6-8-14(23)21-15(12)19-13/h5-8H,1-4,9-10H2,(H3,18,19,20,21,23,24). The van der Waals surface area contributed by atoms with Crippen LogP contribution < -0.4 is 16.2 Å². The topological polar surface area (TPSA) is 116 Å². The highest BCUT2D eigenvalue weighted by atomic mass is 16.2. The van der Waals surface area contributed by atoms with Crippen molar-refractivity contribution >= 4 is 29.0 Å². The number of hydrogen-bond donors (Lipinski definition) is 3. The van der Waals surface area contributed by atoms with E-state index >= 15 is 0 Å². The van der Waals surface area contributed by atoms with Gasteiger partial charge < -0.3 is 10.3 Å². The normalized spacial score (nSPS) is 10.2. The second-order valence-corrected chi connectivity index (χ2v) is 5.23. The molecule has 24 heavy (non-hydrogen) atoms. The van der Waals surface area contributed by atoms with Gasteiger partial charge >= 0.3 is 6.03 Å². The van der Waals surface area contributed by atoms with Gasteiger partial charge in [0.1, 0.15) is 11.5 Å². The molecule has 0 aromatic carbocycles. The number of nitrogens with one attached hydrogen (secondary N) is 3. The number of fused-ring (bicyclic) bond motifs is 1. The first kappa shape index (κ1) is 17.4. The number of amides is 2. The number of aromatic amines is 1. The number of anilines is 1. The maximum atomic E-state index is 11.8. The number of carbonyl (C=O) groups is 1. The number of pyridine rings is 2. The Kier molecular flexibility index (Phi) is 6.67. The molecule has 0 spiro atoms. The van der Waals surface area contributed by atoms with Crippen LogP contribution in [0.25, 0.3) is 11.0 Å².